The Kier molecular flexibility index (Phi) is 5.33. The quantitative estimate of drug-likeness (QED) is 0.708. The largest absolute Gasteiger partial charge is 0.478 e. The van der Waals surface area contributed by atoms with Gasteiger partial charge >= 0.3 is 5.97 Å². The van der Waals surface area contributed by atoms with Crippen LogP contribution < -0.4 is 0 Å². The average molecular weight is 418 g/mol. The minimum absolute atomic E-state index is 0.0438. The lowest BCUT2D eigenvalue weighted by atomic mass is 9.98. The molecule has 2 aromatic rings. The first-order chi connectivity index (χ1) is 14.5. The molecule has 0 spiro atoms. The lowest BCUT2D eigenvalue weighted by Gasteiger charge is -2.20. The minimum atomic E-state index is -1.02. The third kappa shape index (κ3) is 3.69. The normalized spacial score (nSPS) is 18.2. The molecule has 0 unspecified atom stereocenters. The number of nitrogens with zero attached hydrogens (tertiary/aromatic N) is 3. The van der Waals surface area contributed by atoms with Gasteiger partial charge in [-0.3, -0.25) is 10.2 Å². The van der Waals surface area contributed by atoms with E-state index in [0.717, 1.165) is 17.0 Å². The highest BCUT2D eigenvalue weighted by molar-refractivity contribution is 8.27. The van der Waals surface area contributed by atoms with E-state index in [4.69, 9.17) is 10.5 Å². The Bertz CT molecular complexity index is 1120. The number of carbonyl (C=O) groups is 2. The highest BCUT2D eigenvalue weighted by atomic mass is 32.2. The predicted molar refractivity (Wildman–Crippen MR) is 118 cm³/mol. The van der Waals surface area contributed by atoms with E-state index >= 15 is 0 Å². The molecule has 30 heavy (non-hydrogen) atoms. The van der Waals surface area contributed by atoms with E-state index in [9.17, 15) is 9.59 Å². The summed E-state index contributed by atoms with van der Waals surface area (Å²) in [6.07, 6.45) is 2.36. The maximum Gasteiger partial charge on any atom is 0.335 e. The Labute approximate surface area is 177 Å². The van der Waals surface area contributed by atoms with E-state index in [1.165, 1.54) is 35.0 Å². The van der Waals surface area contributed by atoms with Gasteiger partial charge in [0.25, 0.3) is 5.91 Å². The van der Waals surface area contributed by atoms with Gasteiger partial charge in [0.2, 0.25) is 5.17 Å². The molecule has 1 amide bonds. The number of hydrazone groups is 1. The molecule has 0 saturated carbocycles. The molecule has 2 N–H and O–H groups in total. The fraction of sp³-hybridized carbons (Fsp3) is 0.136. The van der Waals surface area contributed by atoms with Crippen LogP contribution in [0.15, 0.2) is 70.3 Å². The van der Waals surface area contributed by atoms with Crippen molar-refractivity contribution in [2.75, 3.05) is 0 Å². The second-order valence-electron chi connectivity index (χ2n) is 6.76. The number of hydrogen-bond acceptors (Lipinski definition) is 5. The number of nitrogens with one attached hydrogen (secondary N) is 1. The summed E-state index contributed by atoms with van der Waals surface area (Å²) in [5.41, 5.74) is 2.00. The van der Waals surface area contributed by atoms with Gasteiger partial charge in [0.1, 0.15) is 5.04 Å². The number of carboxylic acid groups (broad SMARTS) is 1. The zero-order valence-corrected chi connectivity index (χ0v) is 16.9. The molecule has 150 valence electrons. The van der Waals surface area contributed by atoms with Crippen LogP contribution in [0.5, 0.6) is 0 Å². The maximum atomic E-state index is 12.6. The first kappa shape index (κ1) is 19.8. The van der Waals surface area contributed by atoms with E-state index in [1.54, 1.807) is 12.1 Å². The summed E-state index contributed by atoms with van der Waals surface area (Å²) in [6, 6.07) is 16.1. The second kappa shape index (κ2) is 8.08. The van der Waals surface area contributed by atoms with Crippen molar-refractivity contribution >= 4 is 45.8 Å². The van der Waals surface area contributed by atoms with Crippen molar-refractivity contribution in [2.24, 2.45) is 10.1 Å². The number of carbonyl (C=O) groups excluding carboxylic acids is 1. The SMILES string of the molecule is CC[C@H](C1=NN2C(=N)/C(=C\c3ccc(C(=O)O)cc3)C(=O)N=C2S1)c1ccccc1. The Hall–Kier alpha value is -3.52. The third-order valence-corrected chi connectivity index (χ3v) is 5.87. The fourth-order valence-electron chi connectivity index (χ4n) is 3.27. The molecule has 0 fully saturated rings. The number of carboxylic acids is 1. The van der Waals surface area contributed by atoms with Gasteiger partial charge in [-0.25, -0.2) is 4.79 Å². The molecule has 2 aliphatic rings. The van der Waals surface area contributed by atoms with E-state index in [-0.39, 0.29) is 22.9 Å². The number of fused-ring (bicyclic) bond motifs is 1. The smallest absolute Gasteiger partial charge is 0.335 e. The van der Waals surface area contributed by atoms with Crippen molar-refractivity contribution in [1.29, 1.82) is 5.41 Å². The molecule has 7 nitrogen and oxygen atoms in total. The van der Waals surface area contributed by atoms with Crippen molar-refractivity contribution in [1.82, 2.24) is 5.01 Å². The molecule has 1 atom stereocenters. The van der Waals surface area contributed by atoms with Gasteiger partial charge in [-0.15, -0.1) is 0 Å². The topological polar surface area (TPSA) is 106 Å². The van der Waals surface area contributed by atoms with E-state index in [2.05, 4.69) is 17.0 Å². The van der Waals surface area contributed by atoms with Crippen LogP contribution in [0.25, 0.3) is 6.08 Å². The summed E-state index contributed by atoms with van der Waals surface area (Å²) in [7, 11) is 0. The number of aliphatic imine (C=N–C) groups is 1. The number of thioether (sulfide) groups is 1. The molecule has 2 aliphatic heterocycles. The van der Waals surface area contributed by atoms with Gasteiger partial charge in [-0.2, -0.15) is 15.1 Å². The molecule has 0 radical (unpaired) electrons. The highest BCUT2D eigenvalue weighted by Gasteiger charge is 2.37. The molecule has 0 saturated heterocycles. The molecule has 2 heterocycles. The average Bonchev–Trinajstić information content (AvgIpc) is 3.16. The van der Waals surface area contributed by atoms with Crippen molar-refractivity contribution in [3.05, 3.63) is 76.9 Å². The van der Waals surface area contributed by atoms with Crippen LogP contribution in [0, 0.1) is 5.41 Å². The number of aromatic carboxylic acids is 1. The number of amides is 1. The van der Waals surface area contributed by atoms with E-state index in [0.29, 0.717) is 10.7 Å². The van der Waals surface area contributed by atoms with Gasteiger partial charge in [0.05, 0.1) is 11.1 Å². The van der Waals surface area contributed by atoms with Crippen molar-refractivity contribution in [3.63, 3.8) is 0 Å². The molecule has 2 aromatic carbocycles. The van der Waals surface area contributed by atoms with Gasteiger partial charge in [-0.05, 0) is 47.5 Å². The van der Waals surface area contributed by atoms with Crippen LogP contribution in [0.3, 0.4) is 0 Å². The molecular formula is C22H18N4O3S. The first-order valence-electron chi connectivity index (χ1n) is 9.36. The molecular weight excluding hydrogens is 400 g/mol. The van der Waals surface area contributed by atoms with Gasteiger partial charge in [0, 0.05) is 5.92 Å². The standard InChI is InChI=1S/C22H18N4O3S/c1-2-16(14-6-4-3-5-7-14)20-25-26-18(23)17(19(27)24-22(26)30-20)12-13-8-10-15(11-9-13)21(28)29/h3-12,16,23H,2H2,1H3,(H,28,29)/b17-12+,23-18?/t16-/m0/s1. The summed E-state index contributed by atoms with van der Waals surface area (Å²) in [4.78, 5) is 27.7. The van der Waals surface area contributed by atoms with Crippen molar-refractivity contribution in [3.8, 4) is 0 Å². The summed E-state index contributed by atoms with van der Waals surface area (Å²) >= 11 is 1.31. The number of benzene rings is 2. The fourth-order valence-corrected chi connectivity index (χ4v) is 4.38. The number of amidine groups is 2. The summed E-state index contributed by atoms with van der Waals surface area (Å²) in [6.45, 7) is 2.07. The minimum Gasteiger partial charge on any atom is -0.478 e. The zero-order valence-electron chi connectivity index (χ0n) is 16.1. The first-order valence-corrected chi connectivity index (χ1v) is 10.2. The highest BCUT2D eigenvalue weighted by Crippen LogP contribution is 2.35. The Balaban J connectivity index is 1.63. The number of rotatable bonds is 5. The lowest BCUT2D eigenvalue weighted by molar-refractivity contribution is -0.114. The van der Waals surface area contributed by atoms with Crippen molar-refractivity contribution in [2.45, 2.75) is 19.3 Å². The van der Waals surface area contributed by atoms with E-state index < -0.39 is 11.9 Å². The third-order valence-electron chi connectivity index (χ3n) is 4.85. The summed E-state index contributed by atoms with van der Waals surface area (Å²) < 4.78 is 0. The molecule has 4 rings (SSSR count). The molecule has 8 heteroatoms. The number of hydrogen-bond donors (Lipinski definition) is 2. The monoisotopic (exact) mass is 418 g/mol. The molecule has 0 bridgehead atoms. The van der Waals surface area contributed by atoms with Crippen LogP contribution in [-0.2, 0) is 4.79 Å². The maximum absolute atomic E-state index is 12.6. The van der Waals surface area contributed by atoms with Crippen LogP contribution >= 0.6 is 11.8 Å². The zero-order chi connectivity index (χ0) is 21.3. The van der Waals surface area contributed by atoms with Gasteiger partial charge < -0.3 is 5.11 Å². The van der Waals surface area contributed by atoms with E-state index in [1.807, 2.05) is 30.3 Å². The van der Waals surface area contributed by atoms with Crippen LogP contribution in [0.2, 0.25) is 0 Å². The predicted octanol–water partition coefficient (Wildman–Crippen LogP) is 4.20. The van der Waals surface area contributed by atoms with Crippen molar-refractivity contribution < 1.29 is 14.7 Å². The Morgan fingerprint density at radius 1 is 1.20 bits per heavy atom. The van der Waals surface area contributed by atoms with Crippen LogP contribution in [0.4, 0.5) is 0 Å². The van der Waals surface area contributed by atoms with Crippen LogP contribution in [-0.4, -0.2) is 38.0 Å². The molecule has 0 aromatic heterocycles. The summed E-state index contributed by atoms with van der Waals surface area (Å²) in [5, 5.41) is 24.7. The Morgan fingerprint density at radius 2 is 1.90 bits per heavy atom. The van der Waals surface area contributed by atoms with Gasteiger partial charge in [0.15, 0.2) is 5.84 Å². The summed E-state index contributed by atoms with van der Waals surface area (Å²) in [5.74, 6) is -1.52. The Morgan fingerprint density at radius 3 is 2.53 bits per heavy atom. The molecule has 0 aliphatic carbocycles. The van der Waals surface area contributed by atoms with Crippen LogP contribution in [0.1, 0.15) is 40.7 Å². The second-order valence-corrected chi connectivity index (χ2v) is 7.74. The lowest BCUT2D eigenvalue weighted by Crippen LogP contribution is -2.35. The van der Waals surface area contributed by atoms with Gasteiger partial charge in [-0.1, -0.05) is 49.4 Å².